The summed E-state index contributed by atoms with van der Waals surface area (Å²) in [7, 11) is 0. The second-order valence-electron chi connectivity index (χ2n) is 4.59. The zero-order valence-electron chi connectivity index (χ0n) is 11.2. The normalized spacial score (nSPS) is 13.2. The molecular weight excluding hydrogens is 336 g/mol. The number of rotatable bonds is 4. The Labute approximate surface area is 130 Å². The first-order valence-corrected chi connectivity index (χ1v) is 6.96. The number of hydrogen-bond acceptors (Lipinski definition) is 3. The molecule has 1 aromatic heterocycles. The summed E-state index contributed by atoms with van der Waals surface area (Å²) in [6.45, 7) is 1.45. The highest BCUT2D eigenvalue weighted by molar-refractivity contribution is 9.10. The first kappa shape index (κ1) is 15.2. The number of carboxylic acids is 1. The third kappa shape index (κ3) is 3.11. The lowest BCUT2D eigenvalue weighted by atomic mass is 9.91. The number of halogens is 1. The van der Waals surface area contributed by atoms with Gasteiger partial charge in [-0.1, -0.05) is 30.3 Å². The molecule has 0 radical (unpaired) electrons. The Bertz CT molecular complexity index is 676. The smallest absolute Gasteiger partial charge is 0.333 e. The molecule has 21 heavy (non-hydrogen) atoms. The molecule has 0 aliphatic heterocycles. The number of pyridine rings is 1. The van der Waals surface area contributed by atoms with Gasteiger partial charge in [-0.15, -0.1) is 0 Å². The molecule has 0 spiro atoms. The van der Waals surface area contributed by atoms with Crippen LogP contribution < -0.4 is 5.32 Å². The van der Waals surface area contributed by atoms with Gasteiger partial charge >= 0.3 is 5.97 Å². The van der Waals surface area contributed by atoms with Crippen LogP contribution in [0.3, 0.4) is 0 Å². The molecule has 0 saturated carbocycles. The van der Waals surface area contributed by atoms with E-state index in [0.29, 0.717) is 10.2 Å². The summed E-state index contributed by atoms with van der Waals surface area (Å²) in [5.74, 6) is -1.65. The molecule has 2 N–H and O–H groups in total. The number of nitrogens with zero attached hydrogens (tertiary/aromatic N) is 1. The van der Waals surface area contributed by atoms with E-state index in [1.54, 1.807) is 42.5 Å². The van der Waals surface area contributed by atoms with Crippen molar-refractivity contribution in [3.05, 3.63) is 64.4 Å². The topological polar surface area (TPSA) is 79.3 Å². The maximum atomic E-state index is 12.3. The first-order valence-electron chi connectivity index (χ1n) is 6.17. The summed E-state index contributed by atoms with van der Waals surface area (Å²) < 4.78 is 0.364. The molecule has 0 aliphatic carbocycles. The number of carboxylic acid groups (broad SMARTS) is 1. The summed E-state index contributed by atoms with van der Waals surface area (Å²) in [4.78, 5) is 27.9. The van der Waals surface area contributed by atoms with Crippen LogP contribution in [-0.2, 0) is 10.3 Å². The molecule has 6 heteroatoms. The van der Waals surface area contributed by atoms with Gasteiger partial charge in [-0.25, -0.2) is 9.78 Å². The molecule has 108 valence electrons. The van der Waals surface area contributed by atoms with Crippen molar-refractivity contribution < 1.29 is 14.7 Å². The molecule has 0 bridgehead atoms. The Hall–Kier alpha value is -2.21. The number of carbonyl (C=O) groups is 2. The number of nitrogens with one attached hydrogen (secondary N) is 1. The van der Waals surface area contributed by atoms with Crippen LogP contribution >= 0.6 is 15.9 Å². The molecule has 1 unspecified atom stereocenters. The SMILES string of the molecule is CC(NC(=O)c1cccnc1Br)(C(=O)O)c1ccccc1. The standard InChI is InChI=1S/C15H13BrN2O3/c1-15(14(20)21,10-6-3-2-4-7-10)18-13(19)11-8-5-9-17-12(11)16/h2-9H,1H3,(H,18,19)(H,20,21). The molecule has 0 fully saturated rings. The second-order valence-corrected chi connectivity index (χ2v) is 5.34. The minimum atomic E-state index is -1.52. The van der Waals surface area contributed by atoms with Gasteiger partial charge in [-0.05, 0) is 40.5 Å². The van der Waals surface area contributed by atoms with Gasteiger partial charge in [0.2, 0.25) is 0 Å². The lowest BCUT2D eigenvalue weighted by Crippen LogP contribution is -2.49. The number of hydrogen-bond donors (Lipinski definition) is 2. The minimum Gasteiger partial charge on any atom is -0.479 e. The minimum absolute atomic E-state index is 0.279. The molecular formula is C15H13BrN2O3. The van der Waals surface area contributed by atoms with Crippen LogP contribution in [0.2, 0.25) is 0 Å². The Balaban J connectivity index is 2.36. The Kier molecular flexibility index (Phi) is 4.37. The maximum Gasteiger partial charge on any atom is 0.333 e. The van der Waals surface area contributed by atoms with Crippen LogP contribution in [0, 0.1) is 0 Å². The first-order chi connectivity index (χ1) is 9.95. The summed E-state index contributed by atoms with van der Waals surface area (Å²) in [6.07, 6.45) is 1.54. The van der Waals surface area contributed by atoms with Gasteiger partial charge in [-0.3, -0.25) is 4.79 Å². The summed E-state index contributed by atoms with van der Waals surface area (Å²) >= 11 is 3.18. The lowest BCUT2D eigenvalue weighted by Gasteiger charge is -2.27. The molecule has 1 heterocycles. The molecule has 1 aromatic carbocycles. The van der Waals surface area contributed by atoms with Gasteiger partial charge in [0.05, 0.1) is 5.56 Å². The molecule has 2 aromatic rings. The quantitative estimate of drug-likeness (QED) is 0.832. The van der Waals surface area contributed by atoms with E-state index < -0.39 is 17.4 Å². The molecule has 0 saturated heterocycles. The molecule has 0 aliphatic rings. The van der Waals surface area contributed by atoms with E-state index in [0.717, 1.165) is 0 Å². The van der Waals surface area contributed by atoms with Crippen molar-refractivity contribution in [1.82, 2.24) is 10.3 Å². The maximum absolute atomic E-state index is 12.3. The highest BCUT2D eigenvalue weighted by atomic mass is 79.9. The fourth-order valence-corrected chi connectivity index (χ4v) is 2.30. The van der Waals surface area contributed by atoms with Crippen LogP contribution in [0.1, 0.15) is 22.8 Å². The largest absolute Gasteiger partial charge is 0.479 e. The average molecular weight is 349 g/mol. The third-order valence-corrected chi connectivity index (χ3v) is 3.78. The summed E-state index contributed by atoms with van der Waals surface area (Å²) in [5.41, 5.74) is -0.750. The van der Waals surface area contributed by atoms with Crippen molar-refractivity contribution >= 4 is 27.8 Å². The van der Waals surface area contributed by atoms with E-state index in [1.165, 1.54) is 13.1 Å². The predicted octanol–water partition coefficient (Wildman–Crippen LogP) is 2.57. The fourth-order valence-electron chi connectivity index (χ4n) is 1.87. The van der Waals surface area contributed by atoms with E-state index in [2.05, 4.69) is 26.2 Å². The second kappa shape index (κ2) is 6.05. The van der Waals surface area contributed by atoms with Crippen molar-refractivity contribution in [2.75, 3.05) is 0 Å². The van der Waals surface area contributed by atoms with Gasteiger partial charge in [-0.2, -0.15) is 0 Å². The number of carbonyl (C=O) groups excluding carboxylic acids is 1. The van der Waals surface area contributed by atoms with Crippen molar-refractivity contribution in [1.29, 1.82) is 0 Å². The zero-order valence-corrected chi connectivity index (χ0v) is 12.8. The van der Waals surface area contributed by atoms with Gasteiger partial charge in [0.25, 0.3) is 5.91 Å². The van der Waals surface area contributed by atoms with Crippen molar-refractivity contribution in [3.63, 3.8) is 0 Å². The third-order valence-electron chi connectivity index (χ3n) is 3.15. The number of aliphatic carboxylic acids is 1. The van der Waals surface area contributed by atoms with Gasteiger partial charge in [0.1, 0.15) is 4.60 Å². The number of aromatic nitrogens is 1. The molecule has 2 rings (SSSR count). The van der Waals surface area contributed by atoms with Crippen molar-refractivity contribution in [2.45, 2.75) is 12.5 Å². The highest BCUT2D eigenvalue weighted by Crippen LogP contribution is 2.22. The number of amides is 1. The number of benzene rings is 1. The predicted molar refractivity (Wildman–Crippen MR) is 80.8 cm³/mol. The molecule has 1 atom stereocenters. The lowest BCUT2D eigenvalue weighted by molar-refractivity contribution is -0.144. The van der Waals surface area contributed by atoms with Crippen LogP contribution in [-0.4, -0.2) is 22.0 Å². The highest BCUT2D eigenvalue weighted by Gasteiger charge is 2.37. The monoisotopic (exact) mass is 348 g/mol. The van der Waals surface area contributed by atoms with E-state index in [9.17, 15) is 14.7 Å². The fraction of sp³-hybridized carbons (Fsp3) is 0.133. The van der Waals surface area contributed by atoms with E-state index in [1.807, 2.05) is 0 Å². The summed E-state index contributed by atoms with van der Waals surface area (Å²) in [6, 6.07) is 11.7. The van der Waals surface area contributed by atoms with Crippen LogP contribution in [0.15, 0.2) is 53.3 Å². The van der Waals surface area contributed by atoms with Gasteiger partial charge < -0.3 is 10.4 Å². The Morgan fingerprint density at radius 3 is 2.43 bits per heavy atom. The van der Waals surface area contributed by atoms with Crippen molar-refractivity contribution in [3.8, 4) is 0 Å². The zero-order chi connectivity index (χ0) is 15.5. The van der Waals surface area contributed by atoms with E-state index in [-0.39, 0.29) is 5.56 Å². The van der Waals surface area contributed by atoms with Gasteiger partial charge in [0.15, 0.2) is 5.54 Å². The van der Waals surface area contributed by atoms with Gasteiger partial charge in [0, 0.05) is 6.20 Å². The Morgan fingerprint density at radius 1 is 1.19 bits per heavy atom. The average Bonchev–Trinajstić information content (AvgIpc) is 2.48. The van der Waals surface area contributed by atoms with E-state index >= 15 is 0 Å². The Morgan fingerprint density at radius 2 is 1.86 bits per heavy atom. The molecule has 1 amide bonds. The molecule has 5 nitrogen and oxygen atoms in total. The van der Waals surface area contributed by atoms with Crippen LogP contribution in [0.25, 0.3) is 0 Å². The van der Waals surface area contributed by atoms with E-state index in [4.69, 9.17) is 0 Å². The van der Waals surface area contributed by atoms with Crippen LogP contribution in [0.4, 0.5) is 0 Å². The van der Waals surface area contributed by atoms with Crippen molar-refractivity contribution in [2.24, 2.45) is 0 Å². The summed E-state index contributed by atoms with van der Waals surface area (Å²) in [5, 5.41) is 12.1. The van der Waals surface area contributed by atoms with Crippen LogP contribution in [0.5, 0.6) is 0 Å².